The Labute approximate surface area is 111 Å². The minimum Gasteiger partial charge on any atom is -0.330 e. The number of fused-ring (bicyclic) bond motifs is 1. The predicted molar refractivity (Wildman–Crippen MR) is 77.5 cm³/mol. The molecule has 1 aromatic rings. The molecule has 0 spiro atoms. The van der Waals surface area contributed by atoms with E-state index in [4.69, 9.17) is 5.73 Å². The molecule has 2 heteroatoms. The molecule has 0 aromatic heterocycles. The van der Waals surface area contributed by atoms with Gasteiger partial charge in [-0.2, -0.15) is 0 Å². The van der Waals surface area contributed by atoms with Crippen molar-refractivity contribution in [2.24, 2.45) is 11.7 Å². The number of nitrogens with two attached hydrogens (primary N) is 1. The van der Waals surface area contributed by atoms with E-state index in [9.17, 15) is 0 Å². The minimum absolute atomic E-state index is 0.784. The van der Waals surface area contributed by atoms with Crippen LogP contribution in [-0.2, 0) is 13.0 Å². The summed E-state index contributed by atoms with van der Waals surface area (Å²) >= 11 is 0. The Balaban J connectivity index is 1.73. The van der Waals surface area contributed by atoms with Gasteiger partial charge in [-0.15, -0.1) is 0 Å². The molecule has 1 aromatic carbocycles. The quantitative estimate of drug-likeness (QED) is 0.836. The van der Waals surface area contributed by atoms with Crippen LogP contribution in [0.4, 0.5) is 0 Å². The summed E-state index contributed by atoms with van der Waals surface area (Å²) in [5.41, 5.74) is 8.66. The Bertz CT molecular complexity index is 362. The molecule has 1 unspecified atom stereocenters. The maximum absolute atomic E-state index is 5.59. The average molecular weight is 246 g/mol. The van der Waals surface area contributed by atoms with Crippen LogP contribution in [0.3, 0.4) is 0 Å². The van der Waals surface area contributed by atoms with Crippen LogP contribution in [-0.4, -0.2) is 24.5 Å². The van der Waals surface area contributed by atoms with E-state index in [-0.39, 0.29) is 0 Å². The molecule has 1 atom stereocenters. The number of nitrogens with zero attached hydrogens (tertiary/aromatic N) is 1. The largest absolute Gasteiger partial charge is 0.330 e. The lowest BCUT2D eigenvalue weighted by Crippen LogP contribution is -2.31. The molecular formula is C16H26N2. The molecule has 0 radical (unpaired) electrons. The van der Waals surface area contributed by atoms with Gasteiger partial charge in [0.2, 0.25) is 0 Å². The number of hydrogen-bond donors (Lipinski definition) is 1. The van der Waals surface area contributed by atoms with E-state index >= 15 is 0 Å². The fourth-order valence-electron chi connectivity index (χ4n) is 2.84. The zero-order chi connectivity index (χ0) is 12.8. The van der Waals surface area contributed by atoms with Gasteiger partial charge >= 0.3 is 0 Å². The maximum Gasteiger partial charge on any atom is 0.0236 e. The van der Waals surface area contributed by atoms with Crippen LogP contribution in [0.25, 0.3) is 0 Å². The average Bonchev–Trinajstić information content (AvgIpc) is 2.39. The predicted octanol–water partition coefficient (Wildman–Crippen LogP) is 2.81. The molecule has 2 rings (SSSR count). The van der Waals surface area contributed by atoms with Gasteiger partial charge in [0, 0.05) is 13.1 Å². The van der Waals surface area contributed by atoms with Gasteiger partial charge in [-0.25, -0.2) is 0 Å². The van der Waals surface area contributed by atoms with Crippen molar-refractivity contribution < 1.29 is 0 Å². The smallest absolute Gasteiger partial charge is 0.0236 e. The van der Waals surface area contributed by atoms with E-state index in [1.807, 2.05) is 0 Å². The molecule has 18 heavy (non-hydrogen) atoms. The summed E-state index contributed by atoms with van der Waals surface area (Å²) in [7, 11) is 0. The summed E-state index contributed by atoms with van der Waals surface area (Å²) in [6.45, 7) is 6.75. The first-order valence-corrected chi connectivity index (χ1v) is 7.29. The molecule has 0 saturated heterocycles. The van der Waals surface area contributed by atoms with Gasteiger partial charge in [-0.05, 0) is 55.8 Å². The Hall–Kier alpha value is -0.860. The fraction of sp³-hybridized carbons (Fsp3) is 0.625. The maximum atomic E-state index is 5.59. The third kappa shape index (κ3) is 3.82. The standard InChI is InChI=1S/C16H26N2/c1-14(8-10-17)5-4-11-18-12-9-15-6-2-3-7-16(15)13-18/h2-3,6-7,14H,4-5,8-13,17H2,1H3. The number of hydrogen-bond acceptors (Lipinski definition) is 2. The molecule has 2 N–H and O–H groups in total. The molecule has 0 aliphatic carbocycles. The zero-order valence-electron chi connectivity index (χ0n) is 11.6. The Morgan fingerprint density at radius 1 is 1.22 bits per heavy atom. The Kier molecular flexibility index (Phi) is 5.21. The molecule has 100 valence electrons. The van der Waals surface area contributed by atoms with Gasteiger partial charge in [0.05, 0.1) is 0 Å². The van der Waals surface area contributed by atoms with Gasteiger partial charge in [-0.1, -0.05) is 31.2 Å². The van der Waals surface area contributed by atoms with Crippen molar-refractivity contribution >= 4 is 0 Å². The first kappa shape index (κ1) is 13.6. The van der Waals surface area contributed by atoms with E-state index in [1.165, 1.54) is 44.3 Å². The molecular weight excluding hydrogens is 220 g/mol. The third-order valence-electron chi connectivity index (χ3n) is 4.04. The van der Waals surface area contributed by atoms with Crippen LogP contribution in [0.5, 0.6) is 0 Å². The van der Waals surface area contributed by atoms with Crippen LogP contribution in [0.15, 0.2) is 24.3 Å². The number of benzene rings is 1. The lowest BCUT2D eigenvalue weighted by atomic mass is 9.98. The highest BCUT2D eigenvalue weighted by Gasteiger charge is 2.15. The molecule has 0 fully saturated rings. The molecule has 0 amide bonds. The Morgan fingerprint density at radius 2 is 2.00 bits per heavy atom. The second-order valence-electron chi connectivity index (χ2n) is 5.62. The van der Waals surface area contributed by atoms with E-state index in [2.05, 4.69) is 36.1 Å². The van der Waals surface area contributed by atoms with Gasteiger partial charge in [0.1, 0.15) is 0 Å². The summed E-state index contributed by atoms with van der Waals surface area (Å²) in [6.07, 6.45) is 5.01. The first-order valence-electron chi connectivity index (χ1n) is 7.29. The number of rotatable bonds is 6. The van der Waals surface area contributed by atoms with Gasteiger partial charge in [0.15, 0.2) is 0 Å². The zero-order valence-corrected chi connectivity index (χ0v) is 11.6. The van der Waals surface area contributed by atoms with E-state index in [1.54, 1.807) is 5.56 Å². The third-order valence-corrected chi connectivity index (χ3v) is 4.04. The molecule has 0 bridgehead atoms. The summed E-state index contributed by atoms with van der Waals surface area (Å²) in [5.74, 6) is 0.784. The van der Waals surface area contributed by atoms with Crippen LogP contribution in [0, 0.1) is 5.92 Å². The van der Waals surface area contributed by atoms with Crippen molar-refractivity contribution in [1.82, 2.24) is 4.90 Å². The van der Waals surface area contributed by atoms with Crippen molar-refractivity contribution in [3.63, 3.8) is 0 Å². The van der Waals surface area contributed by atoms with E-state index < -0.39 is 0 Å². The highest BCUT2D eigenvalue weighted by atomic mass is 15.1. The summed E-state index contributed by atoms with van der Waals surface area (Å²) < 4.78 is 0. The molecule has 1 heterocycles. The van der Waals surface area contributed by atoms with Gasteiger partial charge < -0.3 is 5.73 Å². The van der Waals surface area contributed by atoms with Gasteiger partial charge in [0.25, 0.3) is 0 Å². The van der Waals surface area contributed by atoms with Crippen LogP contribution < -0.4 is 5.73 Å². The molecule has 0 saturated carbocycles. The fourth-order valence-corrected chi connectivity index (χ4v) is 2.84. The van der Waals surface area contributed by atoms with Crippen molar-refractivity contribution in [2.45, 2.75) is 39.2 Å². The SMILES string of the molecule is CC(CCN)CCCN1CCc2ccccc2C1. The topological polar surface area (TPSA) is 29.3 Å². The van der Waals surface area contributed by atoms with Crippen molar-refractivity contribution in [3.8, 4) is 0 Å². The Morgan fingerprint density at radius 3 is 2.78 bits per heavy atom. The summed E-state index contributed by atoms with van der Waals surface area (Å²) in [6, 6.07) is 8.86. The highest BCUT2D eigenvalue weighted by Crippen LogP contribution is 2.19. The second-order valence-corrected chi connectivity index (χ2v) is 5.62. The van der Waals surface area contributed by atoms with Gasteiger partial charge in [-0.3, -0.25) is 4.90 Å². The highest BCUT2D eigenvalue weighted by molar-refractivity contribution is 5.28. The molecule has 2 nitrogen and oxygen atoms in total. The van der Waals surface area contributed by atoms with Crippen LogP contribution in [0.1, 0.15) is 37.3 Å². The van der Waals surface area contributed by atoms with Crippen molar-refractivity contribution in [3.05, 3.63) is 35.4 Å². The van der Waals surface area contributed by atoms with Crippen LogP contribution >= 0.6 is 0 Å². The minimum atomic E-state index is 0.784. The van der Waals surface area contributed by atoms with E-state index in [0.717, 1.165) is 19.0 Å². The van der Waals surface area contributed by atoms with Crippen LogP contribution in [0.2, 0.25) is 0 Å². The summed E-state index contributed by atoms with van der Waals surface area (Å²) in [5, 5.41) is 0. The first-order chi connectivity index (χ1) is 8.79. The van der Waals surface area contributed by atoms with Crippen molar-refractivity contribution in [2.75, 3.05) is 19.6 Å². The summed E-state index contributed by atoms with van der Waals surface area (Å²) in [4.78, 5) is 2.59. The van der Waals surface area contributed by atoms with E-state index in [0.29, 0.717) is 0 Å². The van der Waals surface area contributed by atoms with Crippen molar-refractivity contribution in [1.29, 1.82) is 0 Å². The molecule has 1 aliphatic heterocycles. The second kappa shape index (κ2) is 6.91. The molecule has 1 aliphatic rings. The lowest BCUT2D eigenvalue weighted by molar-refractivity contribution is 0.243. The monoisotopic (exact) mass is 246 g/mol. The lowest BCUT2D eigenvalue weighted by Gasteiger charge is -2.29. The normalized spacial score (nSPS) is 17.4.